The summed E-state index contributed by atoms with van der Waals surface area (Å²) in [6.45, 7) is 4.36. The molecule has 3 aromatic rings. The summed E-state index contributed by atoms with van der Waals surface area (Å²) in [5, 5.41) is 7.76. The van der Waals surface area contributed by atoms with Crippen LogP contribution in [-0.2, 0) is 4.74 Å². The highest BCUT2D eigenvalue weighted by atomic mass is 32.1. The summed E-state index contributed by atoms with van der Waals surface area (Å²) in [7, 11) is 0. The van der Waals surface area contributed by atoms with Crippen LogP contribution in [0, 0.1) is 0 Å². The molecule has 3 rings (SSSR count). The lowest BCUT2D eigenvalue weighted by Crippen LogP contribution is -2.28. The minimum absolute atomic E-state index is 0.266. The van der Waals surface area contributed by atoms with Gasteiger partial charge in [0.25, 0.3) is 0 Å². The van der Waals surface area contributed by atoms with Gasteiger partial charge in [-0.15, -0.1) is 11.3 Å². The highest BCUT2D eigenvalue weighted by Crippen LogP contribution is 2.37. The monoisotopic (exact) mass is 394 g/mol. The Balaban J connectivity index is 1.95. The number of thiophene rings is 1. The number of esters is 1. The van der Waals surface area contributed by atoms with E-state index in [-0.39, 0.29) is 12.6 Å². The third-order valence-electron chi connectivity index (χ3n) is 4.14. The molecule has 0 radical (unpaired) electrons. The van der Waals surface area contributed by atoms with Gasteiger partial charge in [-0.2, -0.15) is 0 Å². The third kappa shape index (κ3) is 4.40. The number of anilines is 1. The van der Waals surface area contributed by atoms with Crippen molar-refractivity contribution in [1.82, 2.24) is 5.32 Å². The van der Waals surface area contributed by atoms with Crippen LogP contribution in [0.25, 0.3) is 22.3 Å². The van der Waals surface area contributed by atoms with E-state index in [0.29, 0.717) is 17.1 Å². The van der Waals surface area contributed by atoms with Crippen molar-refractivity contribution < 1.29 is 14.3 Å². The van der Waals surface area contributed by atoms with Gasteiger partial charge in [0.05, 0.1) is 6.61 Å². The van der Waals surface area contributed by atoms with Crippen LogP contribution in [0.5, 0.6) is 0 Å². The molecule has 5 nitrogen and oxygen atoms in total. The van der Waals surface area contributed by atoms with Crippen molar-refractivity contribution in [3.63, 3.8) is 0 Å². The molecule has 0 atom stereocenters. The Morgan fingerprint density at radius 1 is 0.929 bits per heavy atom. The lowest BCUT2D eigenvalue weighted by atomic mass is 9.99. The molecular formula is C22H22N2O3S. The lowest BCUT2D eigenvalue weighted by Gasteiger charge is -2.09. The van der Waals surface area contributed by atoms with Gasteiger partial charge >= 0.3 is 12.0 Å². The van der Waals surface area contributed by atoms with E-state index in [1.54, 1.807) is 6.92 Å². The fraction of sp³-hybridized carbons (Fsp3) is 0.182. The van der Waals surface area contributed by atoms with Crippen molar-refractivity contribution in [2.45, 2.75) is 13.8 Å². The van der Waals surface area contributed by atoms with E-state index in [9.17, 15) is 9.59 Å². The number of benzene rings is 2. The largest absolute Gasteiger partial charge is 0.462 e. The Hall–Kier alpha value is -3.12. The van der Waals surface area contributed by atoms with E-state index < -0.39 is 5.97 Å². The average Bonchev–Trinajstić information content (AvgIpc) is 3.12. The maximum absolute atomic E-state index is 12.6. The van der Waals surface area contributed by atoms with Crippen molar-refractivity contribution in [1.29, 1.82) is 0 Å². The molecule has 1 heterocycles. The topological polar surface area (TPSA) is 67.4 Å². The summed E-state index contributed by atoms with van der Waals surface area (Å²) < 4.78 is 5.22. The molecule has 144 valence electrons. The molecule has 28 heavy (non-hydrogen) atoms. The van der Waals surface area contributed by atoms with E-state index >= 15 is 0 Å². The summed E-state index contributed by atoms with van der Waals surface area (Å²) in [6, 6.07) is 17.7. The molecule has 0 spiro atoms. The fourth-order valence-corrected chi connectivity index (χ4v) is 3.80. The van der Waals surface area contributed by atoms with Gasteiger partial charge in [0.2, 0.25) is 0 Å². The van der Waals surface area contributed by atoms with Crippen LogP contribution in [0.15, 0.2) is 60.0 Å². The van der Waals surface area contributed by atoms with E-state index in [1.165, 1.54) is 11.3 Å². The van der Waals surface area contributed by atoms with Gasteiger partial charge in [0, 0.05) is 17.5 Å². The molecule has 2 N–H and O–H groups in total. The van der Waals surface area contributed by atoms with Crippen molar-refractivity contribution in [3.05, 3.63) is 65.5 Å². The summed E-state index contributed by atoms with van der Waals surface area (Å²) >= 11 is 1.31. The van der Waals surface area contributed by atoms with Gasteiger partial charge in [0.1, 0.15) is 10.6 Å². The standard InChI is InChI=1S/C22H22N2O3S/c1-3-23-22(26)24-20-19(21(25)27-4-2)18(14-28-20)17-12-10-16(11-13-17)15-8-6-5-7-9-15/h5-14H,3-4H2,1-2H3,(H2,23,24,26). The first kappa shape index (κ1) is 19.6. The van der Waals surface area contributed by atoms with Crippen LogP contribution in [0.1, 0.15) is 24.2 Å². The molecule has 0 saturated carbocycles. The Kier molecular flexibility index (Phi) is 6.45. The number of hydrogen-bond donors (Lipinski definition) is 2. The van der Waals surface area contributed by atoms with Crippen LogP contribution in [0.2, 0.25) is 0 Å². The summed E-state index contributed by atoms with van der Waals surface area (Å²) in [5.74, 6) is -0.447. The quantitative estimate of drug-likeness (QED) is 0.550. The lowest BCUT2D eigenvalue weighted by molar-refractivity contribution is 0.0529. The third-order valence-corrected chi connectivity index (χ3v) is 5.03. The van der Waals surface area contributed by atoms with Crippen molar-refractivity contribution >= 4 is 28.3 Å². The molecule has 2 amide bonds. The van der Waals surface area contributed by atoms with Gasteiger partial charge in [-0.3, -0.25) is 5.32 Å². The van der Waals surface area contributed by atoms with Gasteiger partial charge < -0.3 is 10.1 Å². The van der Waals surface area contributed by atoms with E-state index in [2.05, 4.69) is 22.8 Å². The smallest absolute Gasteiger partial charge is 0.341 e. The predicted octanol–water partition coefficient (Wildman–Crippen LogP) is 5.40. The molecule has 0 aliphatic rings. The first-order valence-electron chi connectivity index (χ1n) is 9.13. The number of amides is 2. The van der Waals surface area contributed by atoms with Crippen LogP contribution < -0.4 is 10.6 Å². The zero-order valence-corrected chi connectivity index (χ0v) is 16.6. The van der Waals surface area contributed by atoms with Crippen LogP contribution in [0.3, 0.4) is 0 Å². The summed E-state index contributed by atoms with van der Waals surface area (Å²) in [5.41, 5.74) is 4.24. The number of carbonyl (C=O) groups excluding carboxylic acids is 2. The summed E-state index contributed by atoms with van der Waals surface area (Å²) in [6.07, 6.45) is 0. The fourth-order valence-electron chi connectivity index (χ4n) is 2.85. The second-order valence-corrected chi connectivity index (χ2v) is 6.88. The minimum atomic E-state index is -0.447. The van der Waals surface area contributed by atoms with Crippen LogP contribution in [0.4, 0.5) is 9.80 Å². The van der Waals surface area contributed by atoms with Gasteiger partial charge in [-0.05, 0) is 30.5 Å². The molecule has 1 aromatic heterocycles. The minimum Gasteiger partial charge on any atom is -0.462 e. The molecule has 6 heteroatoms. The zero-order valence-electron chi connectivity index (χ0n) is 15.8. The van der Waals surface area contributed by atoms with Gasteiger partial charge in [0.15, 0.2) is 0 Å². The first-order chi connectivity index (χ1) is 13.6. The van der Waals surface area contributed by atoms with Crippen LogP contribution in [-0.4, -0.2) is 25.2 Å². The highest BCUT2D eigenvalue weighted by Gasteiger charge is 2.22. The molecule has 0 unspecified atom stereocenters. The van der Waals surface area contributed by atoms with E-state index in [1.807, 2.05) is 54.8 Å². The molecule has 0 aliphatic carbocycles. The molecular weight excluding hydrogens is 372 g/mol. The predicted molar refractivity (Wildman–Crippen MR) is 114 cm³/mol. The highest BCUT2D eigenvalue weighted by molar-refractivity contribution is 7.15. The SMILES string of the molecule is CCNC(=O)Nc1scc(-c2ccc(-c3ccccc3)cc2)c1C(=O)OCC. The number of ether oxygens (including phenoxy) is 1. The molecule has 0 aliphatic heterocycles. The maximum Gasteiger partial charge on any atom is 0.341 e. The number of rotatable bonds is 6. The number of carbonyl (C=O) groups is 2. The Morgan fingerprint density at radius 3 is 2.21 bits per heavy atom. The van der Waals surface area contributed by atoms with Gasteiger partial charge in [-0.1, -0.05) is 54.6 Å². The van der Waals surface area contributed by atoms with Crippen molar-refractivity contribution in [2.24, 2.45) is 0 Å². The van der Waals surface area contributed by atoms with Crippen molar-refractivity contribution in [3.8, 4) is 22.3 Å². The van der Waals surface area contributed by atoms with Crippen molar-refractivity contribution in [2.75, 3.05) is 18.5 Å². The zero-order chi connectivity index (χ0) is 19.9. The maximum atomic E-state index is 12.6. The number of urea groups is 1. The second kappa shape index (κ2) is 9.19. The van der Waals surface area contributed by atoms with E-state index in [0.717, 1.165) is 22.3 Å². The Labute approximate surface area is 168 Å². The second-order valence-electron chi connectivity index (χ2n) is 6.00. The Bertz CT molecular complexity index is 950. The summed E-state index contributed by atoms with van der Waals surface area (Å²) in [4.78, 5) is 24.5. The molecule has 2 aromatic carbocycles. The van der Waals surface area contributed by atoms with E-state index in [4.69, 9.17) is 4.74 Å². The molecule has 0 saturated heterocycles. The molecule has 0 fully saturated rings. The number of hydrogen-bond acceptors (Lipinski definition) is 4. The normalized spacial score (nSPS) is 10.4. The molecule has 0 bridgehead atoms. The van der Waals surface area contributed by atoms with Gasteiger partial charge in [-0.25, -0.2) is 9.59 Å². The average molecular weight is 394 g/mol. The van der Waals surface area contributed by atoms with Crippen LogP contribution >= 0.6 is 11.3 Å². The Morgan fingerprint density at radius 2 is 1.57 bits per heavy atom. The number of nitrogens with one attached hydrogen (secondary N) is 2. The first-order valence-corrected chi connectivity index (χ1v) is 10.0.